The van der Waals surface area contributed by atoms with Gasteiger partial charge in [-0.25, -0.2) is 0 Å². The molecule has 0 spiro atoms. The molecule has 3 aromatic carbocycles. The van der Waals surface area contributed by atoms with Gasteiger partial charge in [0.05, 0.1) is 5.92 Å². The molecule has 0 N–H and O–H groups in total. The van der Waals surface area contributed by atoms with E-state index < -0.39 is 0 Å². The zero-order chi connectivity index (χ0) is 16.6. The van der Waals surface area contributed by atoms with E-state index in [4.69, 9.17) is 0 Å². The van der Waals surface area contributed by atoms with Gasteiger partial charge in [-0.05, 0) is 30.2 Å². The number of rotatable bonds is 3. The van der Waals surface area contributed by atoms with Crippen molar-refractivity contribution in [2.24, 2.45) is 0 Å². The third-order valence-electron chi connectivity index (χ3n) is 3.86. The van der Waals surface area contributed by atoms with E-state index >= 15 is 0 Å². The zero-order valence-corrected chi connectivity index (χ0v) is 13.8. The summed E-state index contributed by atoms with van der Waals surface area (Å²) in [5, 5.41) is 0. The van der Waals surface area contributed by atoms with Crippen molar-refractivity contribution in [3.8, 4) is 11.8 Å². The number of aryl methyl sites for hydroxylation is 1. The van der Waals surface area contributed by atoms with Crippen LogP contribution in [0.25, 0.3) is 6.08 Å². The summed E-state index contributed by atoms with van der Waals surface area (Å²) in [7, 11) is 0. The quantitative estimate of drug-likeness (QED) is 0.533. The molecule has 24 heavy (non-hydrogen) atoms. The molecule has 1 atom stereocenters. The highest BCUT2D eigenvalue weighted by Crippen LogP contribution is 2.19. The summed E-state index contributed by atoms with van der Waals surface area (Å²) in [4.78, 5) is 0. The molecule has 116 valence electrons. The molecule has 0 heterocycles. The molecule has 0 amide bonds. The van der Waals surface area contributed by atoms with Crippen LogP contribution in [-0.2, 0) is 0 Å². The van der Waals surface area contributed by atoms with E-state index in [-0.39, 0.29) is 5.92 Å². The highest BCUT2D eigenvalue weighted by atomic mass is 14.1. The van der Waals surface area contributed by atoms with Gasteiger partial charge in [0.25, 0.3) is 0 Å². The molecule has 3 aromatic rings. The van der Waals surface area contributed by atoms with Crippen LogP contribution in [0.4, 0.5) is 0 Å². The second-order valence-corrected chi connectivity index (χ2v) is 5.79. The lowest BCUT2D eigenvalue weighted by Gasteiger charge is -2.07. The van der Waals surface area contributed by atoms with E-state index in [0.717, 1.165) is 5.56 Å². The molecule has 0 saturated heterocycles. The SMILES string of the molecule is Cc1ccc(C(C#Cc2ccccc2)/C=C/c2ccccc2)cc1. The molecule has 0 aliphatic rings. The third kappa shape index (κ3) is 4.48. The van der Waals surface area contributed by atoms with Crippen molar-refractivity contribution in [2.75, 3.05) is 0 Å². The summed E-state index contributed by atoms with van der Waals surface area (Å²) in [6.07, 6.45) is 4.32. The highest BCUT2D eigenvalue weighted by Gasteiger charge is 2.04. The first-order chi connectivity index (χ1) is 11.8. The van der Waals surface area contributed by atoms with Gasteiger partial charge in [0.2, 0.25) is 0 Å². The summed E-state index contributed by atoms with van der Waals surface area (Å²) < 4.78 is 0. The van der Waals surface area contributed by atoms with Crippen molar-refractivity contribution in [2.45, 2.75) is 12.8 Å². The van der Waals surface area contributed by atoms with Crippen molar-refractivity contribution in [3.63, 3.8) is 0 Å². The van der Waals surface area contributed by atoms with E-state index in [2.05, 4.69) is 79.4 Å². The van der Waals surface area contributed by atoms with Crippen LogP contribution in [0.3, 0.4) is 0 Å². The minimum Gasteiger partial charge on any atom is -0.0855 e. The van der Waals surface area contributed by atoms with Crippen molar-refractivity contribution >= 4 is 6.08 Å². The third-order valence-corrected chi connectivity index (χ3v) is 3.86. The number of hydrogen-bond acceptors (Lipinski definition) is 0. The van der Waals surface area contributed by atoms with Crippen molar-refractivity contribution < 1.29 is 0 Å². The Labute approximate surface area is 144 Å². The Morgan fingerprint density at radius 2 is 1.38 bits per heavy atom. The molecule has 0 aromatic heterocycles. The average Bonchev–Trinajstić information content (AvgIpc) is 2.64. The molecular formula is C24H20. The molecule has 1 unspecified atom stereocenters. The van der Waals surface area contributed by atoms with E-state index in [1.54, 1.807) is 0 Å². The first-order valence-electron chi connectivity index (χ1n) is 8.18. The Morgan fingerprint density at radius 3 is 2.04 bits per heavy atom. The number of benzene rings is 3. The molecule has 0 aliphatic carbocycles. The smallest absolute Gasteiger partial charge is 0.0639 e. The van der Waals surface area contributed by atoms with Gasteiger partial charge in [0, 0.05) is 5.56 Å². The Kier molecular flexibility index (Phi) is 5.28. The minimum atomic E-state index is 0.0750. The Morgan fingerprint density at radius 1 is 0.750 bits per heavy atom. The average molecular weight is 308 g/mol. The van der Waals surface area contributed by atoms with Crippen LogP contribution in [0, 0.1) is 18.8 Å². The lowest BCUT2D eigenvalue weighted by atomic mass is 9.97. The molecule has 0 fully saturated rings. The van der Waals surface area contributed by atoms with Crippen LogP contribution in [0.1, 0.15) is 28.2 Å². The van der Waals surface area contributed by atoms with Gasteiger partial charge < -0.3 is 0 Å². The zero-order valence-electron chi connectivity index (χ0n) is 13.8. The first kappa shape index (κ1) is 15.8. The largest absolute Gasteiger partial charge is 0.0855 e. The van der Waals surface area contributed by atoms with E-state index in [1.807, 2.05) is 36.4 Å². The monoisotopic (exact) mass is 308 g/mol. The second-order valence-electron chi connectivity index (χ2n) is 5.79. The van der Waals surface area contributed by atoms with Gasteiger partial charge in [-0.1, -0.05) is 102 Å². The maximum absolute atomic E-state index is 3.41. The van der Waals surface area contributed by atoms with Crippen molar-refractivity contribution in [1.29, 1.82) is 0 Å². The van der Waals surface area contributed by atoms with Crippen LogP contribution in [0.5, 0.6) is 0 Å². The van der Waals surface area contributed by atoms with Gasteiger partial charge >= 0.3 is 0 Å². The van der Waals surface area contributed by atoms with Crippen LogP contribution >= 0.6 is 0 Å². The molecular weight excluding hydrogens is 288 g/mol. The summed E-state index contributed by atoms with van der Waals surface area (Å²) >= 11 is 0. The first-order valence-corrected chi connectivity index (χ1v) is 8.18. The minimum absolute atomic E-state index is 0.0750. The van der Waals surface area contributed by atoms with Gasteiger partial charge in [0.15, 0.2) is 0 Å². The van der Waals surface area contributed by atoms with Crippen LogP contribution < -0.4 is 0 Å². The fourth-order valence-electron chi connectivity index (χ4n) is 2.47. The normalized spacial score (nSPS) is 11.7. The molecule has 0 saturated carbocycles. The van der Waals surface area contributed by atoms with Gasteiger partial charge in [0.1, 0.15) is 0 Å². The highest BCUT2D eigenvalue weighted by molar-refractivity contribution is 5.53. The maximum Gasteiger partial charge on any atom is 0.0639 e. The number of hydrogen-bond donors (Lipinski definition) is 0. The second kappa shape index (κ2) is 7.99. The van der Waals surface area contributed by atoms with Crippen LogP contribution in [-0.4, -0.2) is 0 Å². The maximum atomic E-state index is 3.41. The predicted molar refractivity (Wildman–Crippen MR) is 103 cm³/mol. The molecule has 0 radical (unpaired) electrons. The lowest BCUT2D eigenvalue weighted by molar-refractivity contribution is 1.13. The topological polar surface area (TPSA) is 0 Å². The van der Waals surface area contributed by atoms with Gasteiger partial charge in [-0.15, -0.1) is 0 Å². The van der Waals surface area contributed by atoms with E-state index in [0.29, 0.717) is 0 Å². The van der Waals surface area contributed by atoms with Crippen molar-refractivity contribution in [1.82, 2.24) is 0 Å². The fraction of sp³-hybridized carbons (Fsp3) is 0.0833. The summed E-state index contributed by atoms with van der Waals surface area (Å²) in [6, 6.07) is 29.1. The number of allylic oxidation sites excluding steroid dienone is 1. The van der Waals surface area contributed by atoms with Gasteiger partial charge in [-0.3, -0.25) is 0 Å². The van der Waals surface area contributed by atoms with E-state index in [9.17, 15) is 0 Å². The summed E-state index contributed by atoms with van der Waals surface area (Å²) in [5.74, 6) is 6.77. The Bertz CT molecular complexity index is 845. The Balaban J connectivity index is 1.90. The molecule has 0 heteroatoms. The fourth-order valence-corrected chi connectivity index (χ4v) is 2.47. The van der Waals surface area contributed by atoms with Crippen molar-refractivity contribution in [3.05, 3.63) is 113 Å². The predicted octanol–water partition coefficient (Wildman–Crippen LogP) is 5.84. The standard InChI is InChI=1S/C24H20/c1-20-12-16-23(17-13-20)24(18-14-21-8-4-2-5-9-21)19-15-22-10-6-3-7-11-22/h2-14,16-18,24H,1H3/b18-14+. The molecule has 0 aliphatic heterocycles. The summed E-state index contributed by atoms with van der Waals surface area (Å²) in [6.45, 7) is 2.11. The molecule has 0 nitrogen and oxygen atoms in total. The van der Waals surface area contributed by atoms with Gasteiger partial charge in [-0.2, -0.15) is 0 Å². The molecule has 3 rings (SSSR count). The van der Waals surface area contributed by atoms with E-state index in [1.165, 1.54) is 16.7 Å². The summed E-state index contributed by atoms with van der Waals surface area (Å²) in [5.41, 5.74) is 4.72. The molecule has 0 bridgehead atoms. The lowest BCUT2D eigenvalue weighted by Crippen LogP contribution is -1.92. The van der Waals surface area contributed by atoms with Crippen LogP contribution in [0.2, 0.25) is 0 Å². The Hall–Kier alpha value is -3.04. The van der Waals surface area contributed by atoms with Crippen LogP contribution in [0.15, 0.2) is 91.0 Å².